The molecule has 0 fully saturated rings. The van der Waals surface area contributed by atoms with E-state index in [-0.39, 0.29) is 19.1 Å². The van der Waals surface area contributed by atoms with E-state index in [2.05, 4.69) is 9.89 Å². The number of nitrogens with zero attached hydrogens (tertiary/aromatic N) is 1. The summed E-state index contributed by atoms with van der Waals surface area (Å²) in [6.45, 7) is 5.74. The Morgan fingerprint density at radius 1 is 1.40 bits per heavy atom. The lowest BCUT2D eigenvalue weighted by Crippen LogP contribution is -2.12. The normalized spacial score (nSPS) is 12.5. The summed E-state index contributed by atoms with van der Waals surface area (Å²) >= 11 is 0. The van der Waals surface area contributed by atoms with Gasteiger partial charge in [0.1, 0.15) is 18.7 Å². The van der Waals surface area contributed by atoms with Gasteiger partial charge in [-0.25, -0.2) is 0 Å². The number of carbonyl (C=O) groups excluding carboxylic acids is 2. The molecule has 0 saturated heterocycles. The molecule has 0 aromatic heterocycles. The van der Waals surface area contributed by atoms with Crippen LogP contribution in [0.25, 0.3) is 0 Å². The average molecular weight is 215 g/mol. The van der Waals surface area contributed by atoms with E-state index in [1.807, 2.05) is 13.8 Å². The van der Waals surface area contributed by atoms with Crippen LogP contribution in [0.5, 0.6) is 0 Å². The van der Waals surface area contributed by atoms with Gasteiger partial charge in [0.25, 0.3) is 0 Å². The van der Waals surface area contributed by atoms with Crippen molar-refractivity contribution in [3.63, 3.8) is 0 Å². The molecule has 0 radical (unpaired) electrons. The number of esters is 1. The van der Waals surface area contributed by atoms with Crippen LogP contribution < -0.4 is 0 Å². The maximum Gasteiger partial charge on any atom is 0.313 e. The molecule has 0 aliphatic carbocycles. The van der Waals surface area contributed by atoms with Crippen molar-refractivity contribution in [2.75, 3.05) is 6.61 Å². The monoisotopic (exact) mass is 215 g/mol. The van der Waals surface area contributed by atoms with Gasteiger partial charge in [-0.2, -0.15) is 0 Å². The van der Waals surface area contributed by atoms with E-state index in [0.717, 1.165) is 12.6 Å². The fourth-order valence-electron chi connectivity index (χ4n) is 0.668. The molecular weight excluding hydrogens is 198 g/mol. The van der Waals surface area contributed by atoms with Crippen LogP contribution in [0, 0.1) is 0 Å². The third-order valence-electron chi connectivity index (χ3n) is 1.64. The zero-order valence-electron chi connectivity index (χ0n) is 9.36. The molecule has 0 heterocycles. The summed E-state index contributed by atoms with van der Waals surface area (Å²) in [5.41, 5.74) is 0. The van der Waals surface area contributed by atoms with Crippen LogP contribution in [0.2, 0.25) is 0 Å². The second-order valence-electron chi connectivity index (χ2n) is 3.01. The Morgan fingerprint density at radius 2 is 2.07 bits per heavy atom. The zero-order chi connectivity index (χ0) is 11.7. The molecule has 1 unspecified atom stereocenters. The number of ketones is 1. The number of rotatable bonds is 7. The van der Waals surface area contributed by atoms with Crippen LogP contribution in [0.1, 0.15) is 33.6 Å². The predicted octanol–water partition coefficient (Wildman–Crippen LogP) is 1.31. The molecule has 0 N–H and O–H groups in total. The molecule has 5 nitrogen and oxygen atoms in total. The Labute approximate surface area is 89.4 Å². The molecule has 5 heteroatoms. The van der Waals surface area contributed by atoms with E-state index >= 15 is 0 Å². The van der Waals surface area contributed by atoms with Crippen molar-refractivity contribution in [1.29, 1.82) is 0 Å². The van der Waals surface area contributed by atoms with Crippen LogP contribution >= 0.6 is 0 Å². The summed E-state index contributed by atoms with van der Waals surface area (Å²) in [7, 11) is 0. The second-order valence-corrected chi connectivity index (χ2v) is 3.01. The van der Waals surface area contributed by atoms with Crippen molar-refractivity contribution in [2.45, 2.75) is 39.7 Å². The van der Waals surface area contributed by atoms with Crippen molar-refractivity contribution in [3.8, 4) is 0 Å². The molecule has 0 aromatic rings. The maximum atomic E-state index is 11.1. The minimum absolute atomic E-state index is 0.0309. The first-order chi connectivity index (χ1) is 7.10. The van der Waals surface area contributed by atoms with Gasteiger partial charge < -0.3 is 9.57 Å². The summed E-state index contributed by atoms with van der Waals surface area (Å²) in [6.07, 6.45) is 1.49. The van der Waals surface area contributed by atoms with E-state index < -0.39 is 11.8 Å². The molecule has 0 aliphatic heterocycles. The van der Waals surface area contributed by atoms with Gasteiger partial charge >= 0.3 is 5.97 Å². The van der Waals surface area contributed by atoms with Crippen molar-refractivity contribution in [3.05, 3.63) is 0 Å². The summed E-state index contributed by atoms with van der Waals surface area (Å²) in [6, 6.07) is 0. The first-order valence-electron chi connectivity index (χ1n) is 4.97. The summed E-state index contributed by atoms with van der Waals surface area (Å²) in [5.74, 6) is -0.964. The van der Waals surface area contributed by atoms with Crippen molar-refractivity contribution in [2.24, 2.45) is 5.16 Å². The minimum Gasteiger partial charge on any atom is -0.466 e. The largest absolute Gasteiger partial charge is 0.466 e. The number of hydrogen-bond donors (Lipinski definition) is 0. The lowest BCUT2D eigenvalue weighted by molar-refractivity contribution is -0.144. The quantitative estimate of drug-likeness (QED) is 0.278. The summed E-state index contributed by atoms with van der Waals surface area (Å²) < 4.78 is 4.60. The van der Waals surface area contributed by atoms with E-state index in [0.29, 0.717) is 0 Å². The Bertz CT molecular complexity index is 238. The Kier molecular flexibility index (Phi) is 7.23. The smallest absolute Gasteiger partial charge is 0.313 e. The van der Waals surface area contributed by atoms with Gasteiger partial charge in [-0.05, 0) is 20.3 Å². The van der Waals surface area contributed by atoms with Crippen LogP contribution in [-0.4, -0.2) is 30.7 Å². The Hall–Kier alpha value is -1.39. The third kappa shape index (κ3) is 7.66. The number of hydrogen-bond acceptors (Lipinski definition) is 5. The Morgan fingerprint density at radius 3 is 2.60 bits per heavy atom. The molecule has 15 heavy (non-hydrogen) atoms. The SMILES string of the molecule is CCOC(=O)CC(=O)C=NOC(C)CC. The predicted molar refractivity (Wildman–Crippen MR) is 55.6 cm³/mol. The highest BCUT2D eigenvalue weighted by molar-refractivity contribution is 6.31. The van der Waals surface area contributed by atoms with Crippen LogP contribution in [0.3, 0.4) is 0 Å². The third-order valence-corrected chi connectivity index (χ3v) is 1.64. The fraction of sp³-hybridized carbons (Fsp3) is 0.700. The molecule has 0 saturated carbocycles. The van der Waals surface area contributed by atoms with E-state index in [9.17, 15) is 9.59 Å². The maximum absolute atomic E-state index is 11.1. The number of Topliss-reactive ketones (excluding diaryl/α,β-unsaturated/α-hetero) is 1. The minimum atomic E-state index is -0.544. The number of oxime groups is 1. The van der Waals surface area contributed by atoms with Gasteiger partial charge in [0.2, 0.25) is 0 Å². The average Bonchev–Trinajstić information content (AvgIpc) is 2.17. The molecule has 0 rings (SSSR count). The van der Waals surface area contributed by atoms with Gasteiger partial charge in [0.05, 0.1) is 6.61 Å². The standard InChI is InChI=1S/C10H17NO4/c1-4-8(3)15-11-7-9(12)6-10(13)14-5-2/h7-8H,4-6H2,1-3H3. The highest BCUT2D eigenvalue weighted by Crippen LogP contribution is 1.95. The lowest BCUT2D eigenvalue weighted by atomic mass is 10.3. The van der Waals surface area contributed by atoms with E-state index in [4.69, 9.17) is 4.84 Å². The molecule has 0 aliphatic rings. The molecule has 1 atom stereocenters. The van der Waals surface area contributed by atoms with Gasteiger partial charge in [-0.15, -0.1) is 0 Å². The molecule has 0 bridgehead atoms. The first kappa shape index (κ1) is 13.6. The zero-order valence-corrected chi connectivity index (χ0v) is 9.36. The van der Waals surface area contributed by atoms with Gasteiger partial charge in [0.15, 0.2) is 5.78 Å². The second kappa shape index (κ2) is 7.96. The first-order valence-corrected chi connectivity index (χ1v) is 4.97. The van der Waals surface area contributed by atoms with Crippen LogP contribution in [0.4, 0.5) is 0 Å². The van der Waals surface area contributed by atoms with Crippen LogP contribution in [0.15, 0.2) is 5.16 Å². The van der Waals surface area contributed by atoms with E-state index in [1.54, 1.807) is 6.92 Å². The molecule has 0 amide bonds. The van der Waals surface area contributed by atoms with Gasteiger partial charge in [-0.1, -0.05) is 12.1 Å². The van der Waals surface area contributed by atoms with Crippen molar-refractivity contribution >= 4 is 18.0 Å². The van der Waals surface area contributed by atoms with Crippen LogP contribution in [-0.2, 0) is 19.2 Å². The number of carbonyl (C=O) groups is 2. The molecule has 0 aromatic carbocycles. The molecule has 86 valence electrons. The topological polar surface area (TPSA) is 65.0 Å². The number of ether oxygens (including phenoxy) is 1. The van der Waals surface area contributed by atoms with Gasteiger partial charge in [0, 0.05) is 0 Å². The van der Waals surface area contributed by atoms with E-state index in [1.165, 1.54) is 0 Å². The molecular formula is C10H17NO4. The highest BCUT2D eigenvalue weighted by Gasteiger charge is 2.07. The van der Waals surface area contributed by atoms with Gasteiger partial charge in [-0.3, -0.25) is 9.59 Å². The molecule has 0 spiro atoms. The fourth-order valence-corrected chi connectivity index (χ4v) is 0.668. The summed E-state index contributed by atoms with van der Waals surface area (Å²) in [5, 5.41) is 3.47. The van der Waals surface area contributed by atoms with Crippen molar-refractivity contribution in [1.82, 2.24) is 0 Å². The summed E-state index contributed by atoms with van der Waals surface area (Å²) in [4.78, 5) is 26.8. The lowest BCUT2D eigenvalue weighted by Gasteiger charge is -2.04. The Balaban J connectivity index is 3.78. The van der Waals surface area contributed by atoms with Crippen molar-refractivity contribution < 1.29 is 19.2 Å². The highest BCUT2D eigenvalue weighted by atomic mass is 16.6.